The van der Waals surface area contributed by atoms with E-state index < -0.39 is 17.8 Å². The predicted octanol–water partition coefficient (Wildman–Crippen LogP) is 4.71. The van der Waals surface area contributed by atoms with Gasteiger partial charge in [-0.25, -0.2) is 29.9 Å². The van der Waals surface area contributed by atoms with Gasteiger partial charge >= 0.3 is 0 Å². The van der Waals surface area contributed by atoms with Crippen molar-refractivity contribution in [1.29, 1.82) is 10.5 Å². The molecule has 0 aliphatic heterocycles. The first-order chi connectivity index (χ1) is 23.9. The number of hydrogen-bond acceptors (Lipinski definition) is 15. The molecule has 49 heavy (non-hydrogen) atoms. The SMILES string of the molecule is CC(=O)O.N#CC(c1ccnc(NCCCN)n1)c1nc2ccccc2s1.N#CC(c1ccnc(NCCN)n1)c1nc2ccccc2s1. The van der Waals surface area contributed by atoms with Crippen LogP contribution in [0.25, 0.3) is 20.4 Å². The van der Waals surface area contributed by atoms with E-state index in [2.05, 4.69) is 52.7 Å². The van der Waals surface area contributed by atoms with Crippen molar-refractivity contribution in [2.45, 2.75) is 25.2 Å². The highest BCUT2D eigenvalue weighted by atomic mass is 32.1. The Morgan fingerprint density at radius 3 is 1.61 bits per heavy atom. The minimum atomic E-state index is -0.833. The van der Waals surface area contributed by atoms with E-state index in [0.717, 1.165) is 43.8 Å². The molecule has 0 aliphatic rings. The number of nitrogens with one attached hydrogen (secondary N) is 2. The smallest absolute Gasteiger partial charge is 0.300 e. The summed E-state index contributed by atoms with van der Waals surface area (Å²) in [5.41, 5.74) is 14.0. The molecule has 0 saturated heterocycles. The third-order valence-corrected chi connectivity index (χ3v) is 8.61. The number of thiazole rings is 2. The Hall–Kier alpha value is -5.65. The van der Waals surface area contributed by atoms with Gasteiger partial charge in [0.15, 0.2) is 0 Å². The molecule has 6 aromatic rings. The number of nitriles is 2. The van der Waals surface area contributed by atoms with Gasteiger partial charge in [-0.05, 0) is 49.4 Å². The van der Waals surface area contributed by atoms with E-state index in [9.17, 15) is 10.5 Å². The number of rotatable bonds is 11. The number of benzene rings is 2. The molecule has 2 unspecified atom stereocenters. The number of carboxylic acids is 1. The maximum Gasteiger partial charge on any atom is 0.300 e. The average molecular weight is 695 g/mol. The number of nitrogens with two attached hydrogens (primary N) is 2. The second kappa shape index (κ2) is 18.6. The zero-order chi connectivity index (χ0) is 35.0. The number of anilines is 2. The van der Waals surface area contributed by atoms with Gasteiger partial charge in [-0.2, -0.15) is 10.5 Å². The number of para-hydroxylation sites is 2. The largest absolute Gasteiger partial charge is 0.481 e. The number of carbonyl (C=O) groups is 1. The summed E-state index contributed by atoms with van der Waals surface area (Å²) in [5.74, 6) is -0.842. The molecule has 6 rings (SSSR count). The molecule has 16 heteroatoms. The maximum absolute atomic E-state index is 9.58. The van der Waals surface area contributed by atoms with E-state index in [0.29, 0.717) is 49.5 Å². The van der Waals surface area contributed by atoms with Gasteiger partial charge in [0.1, 0.15) is 21.9 Å². The van der Waals surface area contributed by atoms with E-state index in [-0.39, 0.29) is 0 Å². The Morgan fingerprint density at radius 1 is 0.755 bits per heavy atom. The number of nitrogens with zero attached hydrogens (tertiary/aromatic N) is 8. The van der Waals surface area contributed by atoms with Crippen LogP contribution in [-0.2, 0) is 4.79 Å². The van der Waals surface area contributed by atoms with Crippen molar-refractivity contribution in [3.05, 3.63) is 94.5 Å². The topological polar surface area (TPSA) is 238 Å². The van der Waals surface area contributed by atoms with Gasteiger partial charge < -0.3 is 27.2 Å². The number of hydrogen-bond donors (Lipinski definition) is 5. The molecule has 7 N–H and O–H groups in total. The Morgan fingerprint density at radius 2 is 1.20 bits per heavy atom. The van der Waals surface area contributed by atoms with Crippen molar-refractivity contribution in [2.75, 3.05) is 36.8 Å². The molecule has 0 spiro atoms. The molecule has 250 valence electrons. The third kappa shape index (κ3) is 10.4. The lowest BCUT2D eigenvalue weighted by Crippen LogP contribution is -2.15. The molecule has 0 amide bonds. The van der Waals surface area contributed by atoms with Crippen LogP contribution in [0.3, 0.4) is 0 Å². The first-order valence-electron chi connectivity index (χ1n) is 15.1. The fourth-order valence-electron chi connectivity index (χ4n) is 4.25. The highest BCUT2D eigenvalue weighted by Crippen LogP contribution is 2.32. The lowest BCUT2D eigenvalue weighted by molar-refractivity contribution is -0.134. The van der Waals surface area contributed by atoms with Crippen LogP contribution in [-0.4, -0.2) is 67.2 Å². The van der Waals surface area contributed by atoms with Crippen LogP contribution in [0.5, 0.6) is 0 Å². The summed E-state index contributed by atoms with van der Waals surface area (Å²) in [6, 6.07) is 23.8. The molecule has 0 bridgehead atoms. The molecule has 0 aliphatic carbocycles. The Kier molecular flexibility index (Phi) is 13.8. The molecular formula is C33H34N12O2S2. The van der Waals surface area contributed by atoms with Gasteiger partial charge in [0.05, 0.1) is 44.0 Å². The fraction of sp³-hybridized carbons (Fsp3) is 0.242. The molecular weight excluding hydrogens is 661 g/mol. The number of aliphatic carboxylic acids is 1. The molecule has 0 saturated carbocycles. The van der Waals surface area contributed by atoms with Crippen molar-refractivity contribution >= 4 is 61.0 Å². The summed E-state index contributed by atoms with van der Waals surface area (Å²) in [7, 11) is 0. The van der Waals surface area contributed by atoms with E-state index in [1.54, 1.807) is 24.5 Å². The number of aromatic nitrogens is 6. The summed E-state index contributed by atoms with van der Waals surface area (Å²) in [5, 5.41) is 34.2. The molecule has 4 aromatic heterocycles. The monoisotopic (exact) mass is 694 g/mol. The predicted molar refractivity (Wildman–Crippen MR) is 191 cm³/mol. The Labute approximate surface area is 290 Å². The first kappa shape index (κ1) is 36.2. The summed E-state index contributed by atoms with van der Waals surface area (Å²) < 4.78 is 2.13. The summed E-state index contributed by atoms with van der Waals surface area (Å²) in [4.78, 5) is 35.2. The number of fused-ring (bicyclic) bond motifs is 2. The minimum Gasteiger partial charge on any atom is -0.481 e. The standard InChI is InChI=1S/C16H16N6S.C15H14N6S.C2H4O2/c17-7-3-8-19-16-20-9-6-12(22-16)11(10-18)15-21-13-4-1-2-5-14(13)23-15;16-6-8-19-15-18-7-5-11(21-15)10(9-17)14-20-12-3-1-2-4-13(12)22-14;1-2(3)4/h1-2,4-6,9,11H,3,7-8,17H2,(H,19,20,22);1-5,7,10H,6,8,16H2,(H,18,19,21);1H3,(H,3,4). The third-order valence-electron chi connectivity index (χ3n) is 6.41. The van der Waals surface area contributed by atoms with Gasteiger partial charge in [0.2, 0.25) is 11.9 Å². The van der Waals surface area contributed by atoms with Gasteiger partial charge in [-0.3, -0.25) is 4.79 Å². The highest BCUT2D eigenvalue weighted by molar-refractivity contribution is 7.19. The van der Waals surface area contributed by atoms with Crippen molar-refractivity contribution in [1.82, 2.24) is 29.9 Å². The van der Waals surface area contributed by atoms with E-state index in [1.807, 2.05) is 48.5 Å². The van der Waals surface area contributed by atoms with Crippen molar-refractivity contribution in [2.24, 2.45) is 11.5 Å². The van der Waals surface area contributed by atoms with Crippen LogP contribution < -0.4 is 22.1 Å². The summed E-state index contributed by atoms with van der Waals surface area (Å²) >= 11 is 3.04. The molecule has 2 aromatic carbocycles. The van der Waals surface area contributed by atoms with Crippen LogP contribution in [0.2, 0.25) is 0 Å². The zero-order valence-corrected chi connectivity index (χ0v) is 28.2. The van der Waals surface area contributed by atoms with Gasteiger partial charge in [-0.15, -0.1) is 22.7 Å². The van der Waals surface area contributed by atoms with E-state index in [4.69, 9.17) is 21.4 Å². The second-order valence-electron chi connectivity index (χ2n) is 10.1. The summed E-state index contributed by atoms with van der Waals surface area (Å²) in [6.07, 6.45) is 4.14. The quantitative estimate of drug-likeness (QED) is 0.116. The first-order valence-corrected chi connectivity index (χ1v) is 16.7. The Balaban J connectivity index is 0.000000199. The van der Waals surface area contributed by atoms with Crippen LogP contribution in [0.4, 0.5) is 11.9 Å². The van der Waals surface area contributed by atoms with Crippen molar-refractivity contribution in [3.8, 4) is 12.1 Å². The zero-order valence-electron chi connectivity index (χ0n) is 26.5. The van der Waals surface area contributed by atoms with Crippen molar-refractivity contribution in [3.63, 3.8) is 0 Å². The molecule has 2 atom stereocenters. The van der Waals surface area contributed by atoms with Gasteiger partial charge in [0, 0.05) is 39.0 Å². The molecule has 0 radical (unpaired) electrons. The molecule has 14 nitrogen and oxygen atoms in total. The highest BCUT2D eigenvalue weighted by Gasteiger charge is 2.21. The Bertz CT molecular complexity index is 1980. The number of carboxylic acid groups (broad SMARTS) is 1. The van der Waals surface area contributed by atoms with Crippen LogP contribution >= 0.6 is 22.7 Å². The van der Waals surface area contributed by atoms with Crippen LogP contribution in [0.15, 0.2) is 73.1 Å². The fourth-order valence-corrected chi connectivity index (χ4v) is 6.30. The van der Waals surface area contributed by atoms with Gasteiger partial charge in [-0.1, -0.05) is 24.3 Å². The molecule has 0 fully saturated rings. The summed E-state index contributed by atoms with van der Waals surface area (Å²) in [6.45, 7) is 3.48. The van der Waals surface area contributed by atoms with E-state index >= 15 is 0 Å². The second-order valence-corrected chi connectivity index (χ2v) is 12.2. The normalized spacial score (nSPS) is 11.5. The molecule has 4 heterocycles. The average Bonchev–Trinajstić information content (AvgIpc) is 3.73. The van der Waals surface area contributed by atoms with Crippen LogP contribution in [0.1, 0.15) is 46.6 Å². The van der Waals surface area contributed by atoms with Gasteiger partial charge in [0.25, 0.3) is 5.97 Å². The maximum atomic E-state index is 9.58. The lowest BCUT2D eigenvalue weighted by Gasteiger charge is -2.08. The van der Waals surface area contributed by atoms with E-state index in [1.165, 1.54) is 22.7 Å². The van der Waals surface area contributed by atoms with Crippen molar-refractivity contribution < 1.29 is 9.90 Å². The van der Waals surface area contributed by atoms with Crippen LogP contribution in [0, 0.1) is 22.7 Å². The minimum absolute atomic E-state index is 0.476. The lowest BCUT2D eigenvalue weighted by atomic mass is 10.1.